The fourth-order valence-electron chi connectivity index (χ4n) is 7.07. The Morgan fingerprint density at radius 2 is 1.78 bits per heavy atom. The second kappa shape index (κ2) is 11.1. The summed E-state index contributed by atoms with van der Waals surface area (Å²) in [6.45, 7) is 2.90. The molecule has 1 aromatic rings. The number of piperazine rings is 1. The van der Waals surface area contributed by atoms with Crippen LogP contribution in [0.15, 0.2) is 40.1 Å². The molecule has 45 heavy (non-hydrogen) atoms. The third kappa shape index (κ3) is 4.89. The summed E-state index contributed by atoms with van der Waals surface area (Å²) in [4.78, 5) is 50.1. The highest BCUT2D eigenvalue weighted by molar-refractivity contribution is 6.25. The van der Waals surface area contributed by atoms with Crippen LogP contribution in [0, 0.1) is 17.2 Å². The van der Waals surface area contributed by atoms with E-state index in [1.54, 1.807) is 4.90 Å². The van der Waals surface area contributed by atoms with Gasteiger partial charge in [0.25, 0.3) is 5.91 Å². The molecule has 1 aliphatic heterocycles. The van der Waals surface area contributed by atoms with Gasteiger partial charge >= 0.3 is 0 Å². The topological polar surface area (TPSA) is 262 Å². The van der Waals surface area contributed by atoms with Gasteiger partial charge in [0.15, 0.2) is 17.3 Å². The molecule has 242 valence electrons. The molecule has 1 aromatic carbocycles. The number of benzene rings is 1. The summed E-state index contributed by atoms with van der Waals surface area (Å²) >= 11 is 0. The zero-order chi connectivity index (χ0) is 33.2. The van der Waals surface area contributed by atoms with Crippen LogP contribution >= 0.6 is 0 Å². The van der Waals surface area contributed by atoms with Crippen LogP contribution < -0.4 is 16.8 Å². The van der Waals surface area contributed by atoms with Crippen molar-refractivity contribution in [3.05, 3.63) is 46.2 Å². The maximum absolute atomic E-state index is 14.2. The summed E-state index contributed by atoms with van der Waals surface area (Å²) in [5.74, 6) is -7.99. The zero-order valence-corrected chi connectivity index (χ0v) is 25.1. The minimum atomic E-state index is -2.80. The van der Waals surface area contributed by atoms with E-state index in [2.05, 4.69) is 10.3 Å². The molecule has 1 heterocycles. The molecular weight excluding hydrogens is 588 g/mol. The first-order chi connectivity index (χ1) is 21.0. The van der Waals surface area contributed by atoms with Crippen LogP contribution in [-0.2, 0) is 20.0 Å². The molecule has 5 rings (SSSR count). The lowest BCUT2D eigenvalue weighted by molar-refractivity contribution is -0.159. The van der Waals surface area contributed by atoms with Crippen molar-refractivity contribution in [1.29, 1.82) is 5.41 Å². The number of phenols is 1. The minimum absolute atomic E-state index is 0.0538. The number of rotatable bonds is 4. The van der Waals surface area contributed by atoms with E-state index in [1.165, 1.54) is 44.1 Å². The summed E-state index contributed by atoms with van der Waals surface area (Å²) in [5.41, 5.74) is 4.82. The van der Waals surface area contributed by atoms with E-state index in [0.717, 1.165) is 0 Å². The first-order valence-electron chi connectivity index (χ1n) is 14.4. The first kappa shape index (κ1) is 31.9. The molecule has 11 N–H and O–H groups in total. The average Bonchev–Trinajstić information content (AvgIpc) is 2.96. The monoisotopic (exact) mass is 626 g/mol. The number of fused-ring (bicyclic) bond motifs is 3. The molecule has 0 aromatic heterocycles. The fourth-order valence-corrected chi connectivity index (χ4v) is 7.07. The van der Waals surface area contributed by atoms with Crippen LogP contribution in [0.1, 0.15) is 24.5 Å². The maximum atomic E-state index is 14.2. The lowest BCUT2D eigenvalue weighted by atomic mass is 9.54. The molecule has 16 nitrogen and oxygen atoms in total. The number of nitrogens with one attached hydrogen (secondary N) is 2. The summed E-state index contributed by atoms with van der Waals surface area (Å²) in [5, 5.41) is 67.4. The van der Waals surface area contributed by atoms with Gasteiger partial charge in [0, 0.05) is 43.6 Å². The van der Waals surface area contributed by atoms with Gasteiger partial charge in [-0.1, -0.05) is 12.1 Å². The van der Waals surface area contributed by atoms with Gasteiger partial charge in [0.05, 0.1) is 23.9 Å². The van der Waals surface area contributed by atoms with E-state index in [9.17, 15) is 39.9 Å². The molecule has 1 saturated carbocycles. The van der Waals surface area contributed by atoms with Crippen LogP contribution in [0.4, 0.5) is 0 Å². The number of nitrogens with zero attached hydrogens (tertiary/aromatic N) is 4. The van der Waals surface area contributed by atoms with Crippen LogP contribution in [0.3, 0.4) is 0 Å². The van der Waals surface area contributed by atoms with E-state index in [-0.39, 0.29) is 36.1 Å². The van der Waals surface area contributed by atoms with Crippen molar-refractivity contribution >= 4 is 35.2 Å². The van der Waals surface area contributed by atoms with Gasteiger partial charge in [-0.2, -0.15) is 4.99 Å². The molecule has 3 aliphatic carbocycles. The van der Waals surface area contributed by atoms with Gasteiger partial charge in [-0.25, -0.2) is 0 Å². The molecular formula is C29H38N8O8. The Morgan fingerprint density at radius 3 is 2.38 bits per heavy atom. The fraction of sp³-hybridized carbons (Fsp3) is 0.483. The highest BCUT2D eigenvalue weighted by Gasteiger charge is 2.66. The van der Waals surface area contributed by atoms with Crippen LogP contribution in [0.5, 0.6) is 5.75 Å². The predicted molar refractivity (Wildman–Crippen MR) is 161 cm³/mol. The number of hydrogen-bond acceptors (Lipinski definition) is 11. The maximum Gasteiger partial charge on any atom is 0.259 e. The van der Waals surface area contributed by atoms with E-state index >= 15 is 0 Å². The normalized spacial score (nSPS) is 30.1. The number of Topliss-reactive ketones (excluding diaryl/α,β-unsaturated/α-hetero) is 2. The van der Waals surface area contributed by atoms with Crippen LogP contribution in [0.2, 0.25) is 0 Å². The second-order valence-corrected chi connectivity index (χ2v) is 12.2. The molecule has 2 fully saturated rings. The van der Waals surface area contributed by atoms with Crippen molar-refractivity contribution in [2.45, 2.75) is 30.6 Å². The van der Waals surface area contributed by atoms with Crippen molar-refractivity contribution in [1.82, 2.24) is 20.0 Å². The van der Waals surface area contributed by atoms with Crippen molar-refractivity contribution < 1.29 is 39.9 Å². The number of amides is 1. The van der Waals surface area contributed by atoms with Gasteiger partial charge in [0.2, 0.25) is 11.7 Å². The number of nitrogens with two attached hydrogens (primary N) is 2. The smallest absolute Gasteiger partial charge is 0.259 e. The van der Waals surface area contributed by atoms with Crippen molar-refractivity contribution in [3.8, 4) is 5.75 Å². The zero-order valence-electron chi connectivity index (χ0n) is 25.1. The second-order valence-electron chi connectivity index (χ2n) is 12.2. The van der Waals surface area contributed by atoms with Crippen molar-refractivity contribution in [3.63, 3.8) is 0 Å². The van der Waals surface area contributed by atoms with E-state index in [0.29, 0.717) is 26.2 Å². The number of guanidine groups is 2. The molecule has 0 spiro atoms. The number of hydrogen-bond donors (Lipinski definition) is 9. The van der Waals surface area contributed by atoms with Gasteiger partial charge in [-0.15, -0.1) is 0 Å². The Bertz CT molecular complexity index is 1570. The van der Waals surface area contributed by atoms with Crippen molar-refractivity contribution in [2.24, 2.45) is 28.3 Å². The SMILES string of the molecule is CN(C)C1C(=O)C(C(=O)NCN2CCN(C(=N)N=C(N)N)CC2)=C(O)C2(O)C(=O)C3=C(O)c4c(O)cccc4C(C)(O)C3CC12. The standard InChI is InChI=1S/C29H38N8O8/c1-28(44)13-5-4-6-16(38)17(13)21(39)18-14(28)11-15-20(35(2)3)22(40)19(24(42)29(15,45)23(18)41)25(43)33-12-36-7-9-37(10-8-36)27(32)34-26(30)31/h4-6,14-15,20,38-39,42,44-45H,7-12H2,1-3H3,(H,33,43)(H5,30,31,32,34). The largest absolute Gasteiger partial charge is 0.508 e. The summed E-state index contributed by atoms with van der Waals surface area (Å²) < 4.78 is 0. The molecule has 1 amide bonds. The Morgan fingerprint density at radius 1 is 1.13 bits per heavy atom. The number of phenolic OH excluding ortho intramolecular Hbond substituents is 1. The number of carbonyl (C=O) groups is 3. The number of carbonyl (C=O) groups excluding carboxylic acids is 3. The lowest BCUT2D eigenvalue weighted by Gasteiger charge is -2.53. The molecule has 0 radical (unpaired) electrons. The highest BCUT2D eigenvalue weighted by atomic mass is 16.3. The van der Waals surface area contributed by atoms with Crippen molar-refractivity contribution in [2.75, 3.05) is 46.9 Å². The summed E-state index contributed by atoms with van der Waals surface area (Å²) in [6.07, 6.45) is -0.226. The molecule has 4 aliphatic rings. The highest BCUT2D eigenvalue weighted by Crippen LogP contribution is 2.57. The number of aliphatic hydroxyl groups is 4. The molecule has 5 unspecified atom stereocenters. The molecule has 0 bridgehead atoms. The first-order valence-corrected chi connectivity index (χ1v) is 14.4. The third-order valence-corrected chi connectivity index (χ3v) is 9.37. The number of ketones is 2. The Kier molecular flexibility index (Phi) is 7.89. The van der Waals surface area contributed by atoms with E-state index in [4.69, 9.17) is 16.9 Å². The van der Waals surface area contributed by atoms with Crippen LogP contribution in [0.25, 0.3) is 5.76 Å². The van der Waals surface area contributed by atoms with Crippen LogP contribution in [-0.4, -0.2) is 128 Å². The van der Waals surface area contributed by atoms with E-state index in [1.807, 2.05) is 4.90 Å². The summed E-state index contributed by atoms with van der Waals surface area (Å²) in [7, 11) is 3.06. The Labute approximate surface area is 258 Å². The van der Waals surface area contributed by atoms with E-state index < -0.39 is 75.0 Å². The van der Waals surface area contributed by atoms with Gasteiger partial charge in [-0.3, -0.25) is 29.6 Å². The van der Waals surface area contributed by atoms with Gasteiger partial charge in [-0.05, 0) is 39.1 Å². The third-order valence-electron chi connectivity index (χ3n) is 9.37. The number of aliphatic hydroxyl groups excluding tert-OH is 2. The predicted octanol–water partition coefficient (Wildman–Crippen LogP) is -1.96. The average molecular weight is 627 g/mol. The summed E-state index contributed by atoms with van der Waals surface area (Å²) in [6, 6.07) is 2.99. The molecule has 5 atom stereocenters. The number of aromatic hydroxyl groups is 1. The number of likely N-dealkylation sites (N-methyl/N-ethyl adjacent to an activating group) is 1. The Hall–Kier alpha value is -4.51. The molecule has 16 heteroatoms. The minimum Gasteiger partial charge on any atom is -0.508 e. The van der Waals surface area contributed by atoms with Gasteiger partial charge < -0.3 is 47.2 Å². The lowest BCUT2D eigenvalue weighted by Crippen LogP contribution is -2.67. The van der Waals surface area contributed by atoms with Gasteiger partial charge in [0.1, 0.15) is 22.8 Å². The quantitative estimate of drug-likeness (QED) is 0.100. The number of aliphatic imine (C=N–C) groups is 1. The molecule has 1 saturated heterocycles. The Balaban J connectivity index is 1.47.